The molecule has 3 aromatic rings. The number of benzene rings is 2. The van der Waals surface area contributed by atoms with E-state index in [2.05, 4.69) is 11.9 Å². The summed E-state index contributed by atoms with van der Waals surface area (Å²) in [4.78, 5) is 32.1. The number of hydrogen-bond donors (Lipinski definition) is 0. The first kappa shape index (κ1) is 29.1. The molecule has 4 rings (SSSR count). The van der Waals surface area contributed by atoms with Crippen LogP contribution in [-0.2, 0) is 9.53 Å². The van der Waals surface area contributed by atoms with Gasteiger partial charge in [0.05, 0.1) is 48.3 Å². The minimum absolute atomic E-state index is 0.219. The highest BCUT2D eigenvalue weighted by Gasteiger charge is 2.33. The minimum atomic E-state index is -0.679. The standard InChI is InChI=1S/C31H36N2O6S/c1-6-10-17-39-24-16-11-21(18-25(24)37-8-3)19-26-29(34)33-28(22-12-14-23(15-13-22)36-7-2)27(30(35)38-9-4)20(5)32-31(33)40-26/h11-16,18-19,28H,6-10,17H2,1-5H3/b26-19+/t28-/m1/s1. The molecule has 0 aliphatic carbocycles. The van der Waals surface area contributed by atoms with Crippen LogP contribution in [0.2, 0.25) is 0 Å². The molecular formula is C31H36N2O6S. The molecule has 0 fully saturated rings. The Morgan fingerprint density at radius 2 is 1.73 bits per heavy atom. The van der Waals surface area contributed by atoms with Gasteiger partial charge >= 0.3 is 5.97 Å². The molecule has 0 saturated carbocycles. The number of hydrogen-bond acceptors (Lipinski definition) is 8. The van der Waals surface area contributed by atoms with Crippen molar-refractivity contribution in [2.45, 2.75) is 53.5 Å². The van der Waals surface area contributed by atoms with Gasteiger partial charge in [-0.15, -0.1) is 0 Å². The Bertz CT molecular complexity index is 1550. The fourth-order valence-electron chi connectivity index (χ4n) is 4.50. The summed E-state index contributed by atoms with van der Waals surface area (Å²) in [7, 11) is 0. The van der Waals surface area contributed by atoms with Crippen molar-refractivity contribution in [2.75, 3.05) is 26.4 Å². The van der Waals surface area contributed by atoms with Crippen LogP contribution < -0.4 is 29.1 Å². The van der Waals surface area contributed by atoms with Crippen LogP contribution in [0.5, 0.6) is 17.2 Å². The first-order valence-corrected chi connectivity index (χ1v) is 14.5. The summed E-state index contributed by atoms with van der Waals surface area (Å²) in [6.45, 7) is 11.4. The largest absolute Gasteiger partial charge is 0.494 e. The molecule has 0 saturated heterocycles. The molecular weight excluding hydrogens is 528 g/mol. The van der Waals surface area contributed by atoms with Crippen molar-refractivity contribution in [1.29, 1.82) is 0 Å². The van der Waals surface area contributed by atoms with Crippen molar-refractivity contribution in [1.82, 2.24) is 4.57 Å². The van der Waals surface area contributed by atoms with Gasteiger partial charge in [0.15, 0.2) is 16.3 Å². The average molecular weight is 565 g/mol. The summed E-state index contributed by atoms with van der Waals surface area (Å²) in [5.41, 5.74) is 2.20. The van der Waals surface area contributed by atoms with E-state index in [1.165, 1.54) is 11.3 Å². The van der Waals surface area contributed by atoms with Crippen molar-refractivity contribution < 1.29 is 23.7 Å². The van der Waals surface area contributed by atoms with E-state index in [0.717, 1.165) is 24.0 Å². The quantitative estimate of drug-likeness (QED) is 0.233. The highest BCUT2D eigenvalue weighted by molar-refractivity contribution is 7.07. The van der Waals surface area contributed by atoms with Gasteiger partial charge in [-0.25, -0.2) is 9.79 Å². The number of unbranched alkanes of at least 4 members (excludes halogenated alkanes) is 1. The lowest BCUT2D eigenvalue weighted by molar-refractivity contribution is -0.139. The lowest BCUT2D eigenvalue weighted by atomic mass is 9.96. The predicted octanol–water partition coefficient (Wildman–Crippen LogP) is 4.77. The summed E-state index contributed by atoms with van der Waals surface area (Å²) in [6, 6.07) is 12.4. The van der Waals surface area contributed by atoms with Gasteiger partial charge in [0.1, 0.15) is 5.75 Å². The number of carbonyl (C=O) groups is 1. The Labute approximate surface area is 238 Å². The number of aromatic nitrogens is 1. The minimum Gasteiger partial charge on any atom is -0.494 e. The van der Waals surface area contributed by atoms with Gasteiger partial charge in [0.25, 0.3) is 5.56 Å². The summed E-state index contributed by atoms with van der Waals surface area (Å²) in [6.07, 6.45) is 3.82. The first-order chi connectivity index (χ1) is 19.4. The van der Waals surface area contributed by atoms with Gasteiger partial charge in [0.2, 0.25) is 0 Å². The van der Waals surface area contributed by atoms with Crippen LogP contribution >= 0.6 is 11.3 Å². The number of ether oxygens (including phenoxy) is 4. The second-order valence-electron chi connectivity index (χ2n) is 9.15. The zero-order valence-electron chi connectivity index (χ0n) is 23.7. The third kappa shape index (κ3) is 6.31. The molecule has 212 valence electrons. The summed E-state index contributed by atoms with van der Waals surface area (Å²) in [5, 5.41) is 0. The Morgan fingerprint density at radius 1 is 0.975 bits per heavy atom. The van der Waals surface area contributed by atoms with Crippen molar-refractivity contribution in [3.63, 3.8) is 0 Å². The van der Waals surface area contributed by atoms with Gasteiger partial charge in [0, 0.05) is 0 Å². The number of esters is 1. The molecule has 40 heavy (non-hydrogen) atoms. The smallest absolute Gasteiger partial charge is 0.338 e. The fourth-order valence-corrected chi connectivity index (χ4v) is 5.55. The first-order valence-electron chi connectivity index (χ1n) is 13.7. The summed E-state index contributed by atoms with van der Waals surface area (Å²) < 4.78 is 24.8. The second-order valence-corrected chi connectivity index (χ2v) is 10.2. The fraction of sp³-hybridized carbons (Fsp3) is 0.387. The topological polar surface area (TPSA) is 88.4 Å². The van der Waals surface area contributed by atoms with Crippen LogP contribution in [0.25, 0.3) is 6.08 Å². The van der Waals surface area contributed by atoms with Crippen LogP contribution in [0.3, 0.4) is 0 Å². The highest BCUT2D eigenvalue weighted by Crippen LogP contribution is 2.32. The molecule has 0 amide bonds. The molecule has 0 N–H and O–H groups in total. The second kappa shape index (κ2) is 13.5. The number of allylic oxidation sites excluding steroid dienone is 1. The van der Waals surface area contributed by atoms with Crippen LogP contribution in [0.1, 0.15) is 64.6 Å². The maximum Gasteiger partial charge on any atom is 0.338 e. The molecule has 9 heteroatoms. The van der Waals surface area contributed by atoms with E-state index in [1.807, 2.05) is 62.4 Å². The van der Waals surface area contributed by atoms with E-state index in [1.54, 1.807) is 18.4 Å². The van der Waals surface area contributed by atoms with Gasteiger partial charge in [-0.1, -0.05) is 42.9 Å². The summed E-state index contributed by atoms with van der Waals surface area (Å²) in [5.74, 6) is 1.54. The molecule has 0 bridgehead atoms. The zero-order chi connectivity index (χ0) is 28.6. The van der Waals surface area contributed by atoms with Crippen molar-refractivity contribution in [3.8, 4) is 17.2 Å². The highest BCUT2D eigenvalue weighted by atomic mass is 32.1. The van der Waals surface area contributed by atoms with Crippen LogP contribution in [0.15, 0.2) is 63.5 Å². The lowest BCUT2D eigenvalue weighted by Crippen LogP contribution is -2.39. The SMILES string of the molecule is CCCCOc1ccc(/C=c2/sc3n(c2=O)[C@H](c2ccc(OCC)cc2)C(C(=O)OCC)=C(C)N=3)cc1OCC. The molecule has 2 aromatic carbocycles. The Hall–Kier alpha value is -3.85. The van der Waals surface area contributed by atoms with Gasteiger partial charge < -0.3 is 18.9 Å². The van der Waals surface area contributed by atoms with Crippen LogP contribution in [-0.4, -0.2) is 37.0 Å². The average Bonchev–Trinajstić information content (AvgIpc) is 3.24. The van der Waals surface area contributed by atoms with E-state index in [4.69, 9.17) is 18.9 Å². The van der Waals surface area contributed by atoms with Gasteiger partial charge in [-0.2, -0.15) is 0 Å². The normalized spacial score (nSPS) is 14.9. The Morgan fingerprint density at radius 3 is 2.40 bits per heavy atom. The lowest BCUT2D eigenvalue weighted by Gasteiger charge is -2.24. The maximum absolute atomic E-state index is 13.9. The van der Waals surface area contributed by atoms with Gasteiger partial charge in [-0.05, 0) is 75.6 Å². The Kier molecular flexibility index (Phi) is 9.82. The third-order valence-electron chi connectivity index (χ3n) is 6.34. The Balaban J connectivity index is 1.82. The van der Waals surface area contributed by atoms with Crippen LogP contribution in [0, 0.1) is 0 Å². The van der Waals surface area contributed by atoms with E-state index < -0.39 is 12.0 Å². The van der Waals surface area contributed by atoms with E-state index in [0.29, 0.717) is 57.7 Å². The van der Waals surface area contributed by atoms with Crippen molar-refractivity contribution in [2.24, 2.45) is 4.99 Å². The van der Waals surface area contributed by atoms with Gasteiger partial charge in [-0.3, -0.25) is 9.36 Å². The number of rotatable bonds is 12. The number of thiazole rings is 1. The number of carbonyl (C=O) groups excluding carboxylic acids is 1. The third-order valence-corrected chi connectivity index (χ3v) is 7.33. The number of nitrogens with zero attached hydrogens (tertiary/aromatic N) is 2. The van der Waals surface area contributed by atoms with Crippen molar-refractivity contribution in [3.05, 3.63) is 84.5 Å². The van der Waals surface area contributed by atoms with E-state index >= 15 is 0 Å². The maximum atomic E-state index is 13.9. The van der Waals surface area contributed by atoms with Crippen molar-refractivity contribution >= 4 is 23.4 Å². The zero-order valence-corrected chi connectivity index (χ0v) is 24.5. The number of fused-ring (bicyclic) bond motifs is 1. The molecule has 0 radical (unpaired) electrons. The predicted molar refractivity (Wildman–Crippen MR) is 156 cm³/mol. The molecule has 8 nitrogen and oxygen atoms in total. The molecule has 1 aliphatic rings. The molecule has 1 aliphatic heterocycles. The van der Waals surface area contributed by atoms with E-state index in [9.17, 15) is 9.59 Å². The molecule has 2 heterocycles. The molecule has 1 atom stereocenters. The molecule has 0 unspecified atom stereocenters. The summed E-state index contributed by atoms with van der Waals surface area (Å²) >= 11 is 1.28. The monoisotopic (exact) mass is 564 g/mol. The molecule has 0 spiro atoms. The molecule has 1 aromatic heterocycles. The van der Waals surface area contributed by atoms with E-state index in [-0.39, 0.29) is 12.2 Å². The van der Waals surface area contributed by atoms with Crippen LogP contribution in [0.4, 0.5) is 0 Å².